The number of anilines is 1. The fourth-order valence-electron chi connectivity index (χ4n) is 3.50. The Kier molecular flexibility index (Phi) is 6.58. The molecule has 1 fully saturated rings. The van der Waals surface area contributed by atoms with E-state index in [1.807, 2.05) is 0 Å². The number of rotatable bonds is 7. The fraction of sp³-hybridized carbons (Fsp3) is 0.389. The topological polar surface area (TPSA) is 192 Å². The molecule has 15 heteroatoms. The van der Waals surface area contributed by atoms with Crippen molar-refractivity contribution in [3.8, 4) is 5.75 Å². The Hall–Kier alpha value is -2.35. The molecule has 0 saturated carbocycles. The number of aliphatic hydroxyl groups excluding tert-OH is 3. The van der Waals surface area contributed by atoms with Crippen molar-refractivity contribution < 1.29 is 38.9 Å². The van der Waals surface area contributed by atoms with Crippen LogP contribution in [-0.2, 0) is 15.8 Å². The number of nitrogens with one attached hydrogen (secondary N) is 1. The Balaban J connectivity index is 1.58. The average Bonchev–Trinajstić information content (AvgIpc) is 3.30. The van der Waals surface area contributed by atoms with E-state index in [4.69, 9.17) is 30.6 Å². The monoisotopic (exact) mass is 501 g/mol. The summed E-state index contributed by atoms with van der Waals surface area (Å²) in [5, 5.41) is 32.9. The molecule has 33 heavy (non-hydrogen) atoms. The van der Waals surface area contributed by atoms with E-state index in [-0.39, 0.29) is 17.3 Å². The summed E-state index contributed by atoms with van der Waals surface area (Å²) in [5.74, 6) is 0.286. The van der Waals surface area contributed by atoms with E-state index in [2.05, 4.69) is 20.3 Å². The van der Waals surface area contributed by atoms with Gasteiger partial charge in [0.05, 0.1) is 12.9 Å². The molecule has 13 nitrogen and oxygen atoms in total. The number of phosphoric ester groups is 1. The Morgan fingerprint density at radius 1 is 1.24 bits per heavy atom. The third-order valence-corrected chi connectivity index (χ3v) is 6.01. The molecule has 2 aromatic heterocycles. The summed E-state index contributed by atoms with van der Waals surface area (Å²) >= 11 is 6.17. The first kappa shape index (κ1) is 23.8. The van der Waals surface area contributed by atoms with Gasteiger partial charge in [-0.05, 0) is 24.6 Å². The van der Waals surface area contributed by atoms with Crippen LogP contribution >= 0.6 is 19.4 Å². The number of aromatic nitrogens is 4. The molecule has 1 aromatic carbocycles. The van der Waals surface area contributed by atoms with Crippen LogP contribution in [-0.4, -0.2) is 69.5 Å². The first-order valence-electron chi connectivity index (χ1n) is 9.67. The van der Waals surface area contributed by atoms with Crippen LogP contribution in [0.1, 0.15) is 17.4 Å². The van der Waals surface area contributed by atoms with Crippen LogP contribution in [0.3, 0.4) is 0 Å². The van der Waals surface area contributed by atoms with Crippen molar-refractivity contribution in [2.45, 2.75) is 38.0 Å². The zero-order chi connectivity index (χ0) is 23.9. The number of nitrogens with zero attached hydrogens (tertiary/aromatic N) is 4. The van der Waals surface area contributed by atoms with Gasteiger partial charge < -0.3 is 29.9 Å². The van der Waals surface area contributed by atoms with Crippen LogP contribution < -0.4 is 9.84 Å². The zero-order valence-corrected chi connectivity index (χ0v) is 18.8. The summed E-state index contributed by atoms with van der Waals surface area (Å²) < 4.78 is 22.9. The standard InChI is InChI=1S/C18H21ClN5O8P/c1-8-10(19)2-9(3-11(8)32-33(28,29)30)4-20-16-13-17(22-6-21-16)24(7-23-13)18-15(27)14(26)12(5-25)31-18/h2-3,6-7,12,14-15,18,25-27H,4-5H2,1H3,(H,20,21,22)(H2,28,29,30)/t12-,14-,15-,18-/m1/s1. The largest absolute Gasteiger partial charge is 0.524 e. The molecule has 4 rings (SSSR count). The Labute approximate surface area is 191 Å². The smallest absolute Gasteiger partial charge is 0.404 e. The van der Waals surface area contributed by atoms with Crippen molar-refractivity contribution in [3.05, 3.63) is 40.9 Å². The normalized spacial score (nSPS) is 23.2. The van der Waals surface area contributed by atoms with E-state index < -0.39 is 39.0 Å². The minimum absolute atomic E-state index is 0.0471. The number of benzene rings is 1. The SMILES string of the molecule is Cc1c(Cl)cc(CNc2ncnc3c2ncn3[C@@H]2O[C@H](CO)[C@@H](O)[C@H]2O)cc1OP(=O)(O)O. The number of phosphoric acid groups is 1. The molecule has 1 saturated heterocycles. The Morgan fingerprint density at radius 3 is 2.67 bits per heavy atom. The molecule has 0 spiro atoms. The highest BCUT2D eigenvalue weighted by molar-refractivity contribution is 7.46. The van der Waals surface area contributed by atoms with Gasteiger partial charge in [-0.15, -0.1) is 0 Å². The lowest BCUT2D eigenvalue weighted by atomic mass is 10.1. The quantitative estimate of drug-likeness (QED) is 0.246. The van der Waals surface area contributed by atoms with E-state index in [9.17, 15) is 19.9 Å². The third kappa shape index (κ3) is 4.81. The van der Waals surface area contributed by atoms with Gasteiger partial charge in [-0.25, -0.2) is 19.5 Å². The molecule has 3 aromatic rings. The van der Waals surface area contributed by atoms with Gasteiger partial charge in [0.1, 0.15) is 30.4 Å². The minimum atomic E-state index is -4.77. The summed E-state index contributed by atoms with van der Waals surface area (Å²) in [6, 6.07) is 3.07. The van der Waals surface area contributed by atoms with E-state index >= 15 is 0 Å². The Morgan fingerprint density at radius 2 is 2.00 bits per heavy atom. The molecule has 0 amide bonds. The number of imidazole rings is 1. The van der Waals surface area contributed by atoms with Gasteiger partial charge in [0.25, 0.3) is 0 Å². The van der Waals surface area contributed by atoms with Crippen molar-refractivity contribution in [2.75, 3.05) is 11.9 Å². The molecule has 0 bridgehead atoms. The first-order chi connectivity index (χ1) is 15.6. The summed E-state index contributed by atoms with van der Waals surface area (Å²) in [5.41, 5.74) is 1.60. The Bertz CT molecular complexity index is 1220. The molecule has 4 atom stereocenters. The summed E-state index contributed by atoms with van der Waals surface area (Å²) in [6.07, 6.45) is -1.87. The summed E-state index contributed by atoms with van der Waals surface area (Å²) in [4.78, 5) is 30.8. The second kappa shape index (κ2) is 9.12. The number of ether oxygens (including phenoxy) is 1. The highest BCUT2D eigenvalue weighted by atomic mass is 35.5. The predicted octanol–water partition coefficient (Wildman–Crippen LogP) is 0.483. The van der Waals surface area contributed by atoms with Gasteiger partial charge in [0.2, 0.25) is 0 Å². The maximum Gasteiger partial charge on any atom is 0.524 e. The lowest BCUT2D eigenvalue weighted by Gasteiger charge is -2.16. The van der Waals surface area contributed by atoms with Crippen molar-refractivity contribution in [2.24, 2.45) is 0 Å². The van der Waals surface area contributed by atoms with Gasteiger partial charge in [0.15, 0.2) is 23.2 Å². The van der Waals surface area contributed by atoms with E-state index in [1.165, 1.54) is 23.3 Å². The zero-order valence-electron chi connectivity index (χ0n) is 17.1. The van der Waals surface area contributed by atoms with Gasteiger partial charge in [-0.3, -0.25) is 14.4 Å². The van der Waals surface area contributed by atoms with E-state index in [1.54, 1.807) is 13.0 Å². The predicted molar refractivity (Wildman–Crippen MR) is 115 cm³/mol. The minimum Gasteiger partial charge on any atom is -0.404 e. The van der Waals surface area contributed by atoms with Crippen LogP contribution in [0.2, 0.25) is 5.02 Å². The highest BCUT2D eigenvalue weighted by Crippen LogP contribution is 2.41. The van der Waals surface area contributed by atoms with Crippen molar-refractivity contribution >= 4 is 36.4 Å². The lowest BCUT2D eigenvalue weighted by Crippen LogP contribution is -2.33. The third-order valence-electron chi connectivity index (χ3n) is 5.18. The summed E-state index contributed by atoms with van der Waals surface area (Å²) in [6.45, 7) is 1.27. The van der Waals surface area contributed by atoms with E-state index in [0.29, 0.717) is 28.1 Å². The molecule has 1 aliphatic heterocycles. The van der Waals surface area contributed by atoms with Crippen LogP contribution in [0.25, 0.3) is 11.2 Å². The molecule has 1 aliphatic rings. The van der Waals surface area contributed by atoms with E-state index in [0.717, 1.165) is 0 Å². The molecular weight excluding hydrogens is 481 g/mol. The van der Waals surface area contributed by atoms with Gasteiger partial charge >= 0.3 is 7.82 Å². The number of hydrogen-bond donors (Lipinski definition) is 6. The molecule has 3 heterocycles. The number of hydrogen-bond acceptors (Lipinski definition) is 10. The van der Waals surface area contributed by atoms with Crippen molar-refractivity contribution in [3.63, 3.8) is 0 Å². The van der Waals surface area contributed by atoms with Gasteiger partial charge in [-0.2, -0.15) is 0 Å². The number of aliphatic hydroxyl groups is 3. The second-order valence-electron chi connectivity index (χ2n) is 7.41. The number of halogens is 1. The summed E-state index contributed by atoms with van der Waals surface area (Å²) in [7, 11) is -4.77. The molecule has 0 radical (unpaired) electrons. The maximum atomic E-state index is 11.2. The molecule has 178 valence electrons. The van der Waals surface area contributed by atoms with Crippen LogP contribution in [0, 0.1) is 6.92 Å². The maximum absolute atomic E-state index is 11.2. The molecule has 6 N–H and O–H groups in total. The second-order valence-corrected chi connectivity index (χ2v) is 8.98. The average molecular weight is 502 g/mol. The molecule has 0 unspecified atom stereocenters. The highest BCUT2D eigenvalue weighted by Gasteiger charge is 2.44. The number of fused-ring (bicyclic) bond motifs is 1. The molecule has 0 aliphatic carbocycles. The van der Waals surface area contributed by atoms with Crippen molar-refractivity contribution in [1.29, 1.82) is 0 Å². The van der Waals surface area contributed by atoms with Gasteiger partial charge in [0, 0.05) is 17.1 Å². The van der Waals surface area contributed by atoms with Crippen molar-refractivity contribution in [1.82, 2.24) is 19.5 Å². The fourth-order valence-corrected chi connectivity index (χ4v) is 4.17. The lowest BCUT2D eigenvalue weighted by molar-refractivity contribution is -0.0511. The molecular formula is C18H21ClN5O8P. The van der Waals surface area contributed by atoms with Gasteiger partial charge in [-0.1, -0.05) is 11.6 Å². The van der Waals surface area contributed by atoms with Crippen LogP contribution in [0.5, 0.6) is 5.75 Å². The first-order valence-corrected chi connectivity index (χ1v) is 11.6. The van der Waals surface area contributed by atoms with Crippen LogP contribution in [0.15, 0.2) is 24.8 Å². The van der Waals surface area contributed by atoms with Crippen LogP contribution in [0.4, 0.5) is 5.82 Å².